The molecule has 2 heterocycles. The molecule has 5 nitrogen and oxygen atoms in total. The Bertz CT molecular complexity index is 667. The molecule has 3 fully saturated rings. The molecular formula is C20H34Cl2N4OS. The van der Waals surface area contributed by atoms with Crippen LogP contribution in [0.2, 0.25) is 0 Å². The van der Waals surface area contributed by atoms with Crippen molar-refractivity contribution in [3.63, 3.8) is 0 Å². The van der Waals surface area contributed by atoms with E-state index in [2.05, 4.69) is 36.0 Å². The minimum Gasteiger partial charge on any atom is -0.340 e. The Hall–Kier alpha value is -0.400. The van der Waals surface area contributed by atoms with E-state index in [-0.39, 0.29) is 42.2 Å². The van der Waals surface area contributed by atoms with E-state index in [9.17, 15) is 4.79 Å². The Morgan fingerprint density at radius 3 is 2.36 bits per heavy atom. The predicted molar refractivity (Wildman–Crippen MR) is 119 cm³/mol. The molecule has 1 aromatic rings. The number of nitrogens with zero attached hydrogens (tertiary/aromatic N) is 3. The number of nitrogens with two attached hydrogens (primary N) is 1. The van der Waals surface area contributed by atoms with E-state index < -0.39 is 0 Å². The summed E-state index contributed by atoms with van der Waals surface area (Å²) in [7, 11) is 0. The van der Waals surface area contributed by atoms with E-state index in [1.807, 2.05) is 0 Å². The number of halogens is 2. The van der Waals surface area contributed by atoms with Crippen LogP contribution in [0.15, 0.2) is 5.38 Å². The highest BCUT2D eigenvalue weighted by Crippen LogP contribution is 2.48. The zero-order valence-electron chi connectivity index (χ0n) is 17.1. The van der Waals surface area contributed by atoms with Crippen molar-refractivity contribution in [2.75, 3.05) is 26.2 Å². The van der Waals surface area contributed by atoms with Gasteiger partial charge in [-0.1, -0.05) is 20.8 Å². The van der Waals surface area contributed by atoms with E-state index >= 15 is 0 Å². The minimum atomic E-state index is 0. The van der Waals surface area contributed by atoms with Crippen LogP contribution in [0.1, 0.15) is 50.7 Å². The number of aromatic nitrogens is 1. The summed E-state index contributed by atoms with van der Waals surface area (Å²) in [6.07, 6.45) is 3.61. The van der Waals surface area contributed by atoms with Crippen molar-refractivity contribution in [2.24, 2.45) is 23.5 Å². The van der Waals surface area contributed by atoms with E-state index in [0.717, 1.165) is 38.4 Å². The fourth-order valence-corrected chi connectivity index (χ4v) is 5.89. The number of thiazole rings is 1. The maximum atomic E-state index is 13.0. The van der Waals surface area contributed by atoms with Crippen LogP contribution >= 0.6 is 36.2 Å². The molecule has 4 rings (SSSR count). The molecule has 1 amide bonds. The first-order valence-corrected chi connectivity index (χ1v) is 10.9. The SMILES string of the molecule is CC(C)(C)c1nc(CN2CCN(C(=O)C3C4CCC(C4)C3N)CC2)cs1.Cl.Cl. The number of fused-ring (bicyclic) bond motifs is 2. The topological polar surface area (TPSA) is 62.5 Å². The second-order valence-corrected chi connectivity index (χ2v) is 10.3. The molecule has 0 aromatic carbocycles. The van der Waals surface area contributed by atoms with Crippen molar-refractivity contribution >= 4 is 42.1 Å². The molecule has 2 saturated carbocycles. The molecule has 2 N–H and O–H groups in total. The normalized spacial score (nSPS) is 30.1. The number of amides is 1. The van der Waals surface area contributed by atoms with Crippen LogP contribution in [0.3, 0.4) is 0 Å². The van der Waals surface area contributed by atoms with E-state index in [1.54, 1.807) is 11.3 Å². The van der Waals surface area contributed by atoms with Crippen molar-refractivity contribution in [1.29, 1.82) is 0 Å². The Morgan fingerprint density at radius 2 is 1.82 bits per heavy atom. The summed E-state index contributed by atoms with van der Waals surface area (Å²) in [4.78, 5) is 22.3. The molecule has 0 radical (unpaired) electrons. The van der Waals surface area contributed by atoms with Crippen molar-refractivity contribution in [1.82, 2.24) is 14.8 Å². The van der Waals surface area contributed by atoms with Crippen LogP contribution in [0, 0.1) is 17.8 Å². The zero-order valence-corrected chi connectivity index (χ0v) is 19.5. The molecule has 4 atom stereocenters. The molecule has 4 unspecified atom stereocenters. The summed E-state index contributed by atoms with van der Waals surface area (Å²) in [6.45, 7) is 11.0. The summed E-state index contributed by atoms with van der Waals surface area (Å²) in [6, 6.07) is 0.102. The van der Waals surface area contributed by atoms with Gasteiger partial charge in [0.05, 0.1) is 16.6 Å². The summed E-state index contributed by atoms with van der Waals surface area (Å²) in [5, 5.41) is 3.39. The molecule has 2 bridgehead atoms. The summed E-state index contributed by atoms with van der Waals surface area (Å²) in [5.41, 5.74) is 7.65. The van der Waals surface area contributed by atoms with Crippen LogP contribution in [-0.4, -0.2) is 52.9 Å². The van der Waals surface area contributed by atoms with Gasteiger partial charge in [-0.3, -0.25) is 9.69 Å². The van der Waals surface area contributed by atoms with E-state index in [1.165, 1.54) is 24.3 Å². The van der Waals surface area contributed by atoms with Crippen molar-refractivity contribution in [3.05, 3.63) is 16.1 Å². The van der Waals surface area contributed by atoms with Gasteiger partial charge < -0.3 is 10.6 Å². The lowest BCUT2D eigenvalue weighted by atomic mass is 9.84. The van der Waals surface area contributed by atoms with Crippen LogP contribution in [0.5, 0.6) is 0 Å². The molecular weight excluding hydrogens is 415 g/mol. The third-order valence-electron chi connectivity index (χ3n) is 6.53. The summed E-state index contributed by atoms with van der Waals surface area (Å²) in [5.74, 6) is 1.56. The van der Waals surface area contributed by atoms with Crippen LogP contribution in [0.4, 0.5) is 0 Å². The largest absolute Gasteiger partial charge is 0.340 e. The second kappa shape index (κ2) is 9.17. The molecule has 1 saturated heterocycles. The van der Waals surface area contributed by atoms with Gasteiger partial charge >= 0.3 is 0 Å². The molecule has 0 spiro atoms. The fourth-order valence-electron chi connectivity index (χ4n) is 4.99. The molecule has 2 aliphatic carbocycles. The first kappa shape index (κ1) is 23.9. The van der Waals surface area contributed by atoms with Gasteiger partial charge in [-0.2, -0.15) is 0 Å². The Balaban J connectivity index is 0.00000140. The average Bonchev–Trinajstić information content (AvgIpc) is 3.30. The number of rotatable bonds is 3. The number of carbonyl (C=O) groups excluding carboxylic acids is 1. The second-order valence-electron chi connectivity index (χ2n) is 9.43. The lowest BCUT2D eigenvalue weighted by Gasteiger charge is -2.38. The molecule has 8 heteroatoms. The monoisotopic (exact) mass is 448 g/mol. The lowest BCUT2D eigenvalue weighted by molar-refractivity contribution is -0.139. The first-order valence-electron chi connectivity index (χ1n) is 10.0. The molecule has 1 aromatic heterocycles. The van der Waals surface area contributed by atoms with Gasteiger partial charge in [0, 0.05) is 49.6 Å². The molecule has 1 aliphatic heterocycles. The fraction of sp³-hybridized carbons (Fsp3) is 0.800. The Morgan fingerprint density at radius 1 is 1.18 bits per heavy atom. The van der Waals surface area contributed by atoms with E-state index in [0.29, 0.717) is 17.7 Å². The predicted octanol–water partition coefficient (Wildman–Crippen LogP) is 3.30. The average molecular weight is 449 g/mol. The van der Waals surface area contributed by atoms with Crippen LogP contribution in [-0.2, 0) is 16.8 Å². The van der Waals surface area contributed by atoms with Gasteiger partial charge in [0.1, 0.15) is 0 Å². The summed E-state index contributed by atoms with van der Waals surface area (Å²) >= 11 is 1.76. The van der Waals surface area contributed by atoms with Crippen LogP contribution < -0.4 is 5.73 Å². The number of hydrogen-bond donors (Lipinski definition) is 1. The maximum Gasteiger partial charge on any atom is 0.227 e. The standard InChI is InChI=1S/C20H32N4OS.2ClH/c1-20(2,3)19-22-15(12-26-19)11-23-6-8-24(9-7-23)18(25)16-13-4-5-14(10-13)17(16)21;;/h12-14,16-17H,4-11,21H2,1-3H3;2*1H. The molecule has 28 heavy (non-hydrogen) atoms. The smallest absolute Gasteiger partial charge is 0.227 e. The third kappa shape index (κ3) is 4.67. The number of carbonyl (C=O) groups is 1. The minimum absolute atomic E-state index is 0. The van der Waals surface area contributed by atoms with Gasteiger partial charge in [0.15, 0.2) is 0 Å². The van der Waals surface area contributed by atoms with Crippen molar-refractivity contribution in [3.8, 4) is 0 Å². The molecule has 160 valence electrons. The maximum absolute atomic E-state index is 13.0. The summed E-state index contributed by atoms with van der Waals surface area (Å²) < 4.78 is 0. The lowest BCUT2D eigenvalue weighted by Crippen LogP contribution is -2.53. The highest BCUT2D eigenvalue weighted by atomic mass is 35.5. The number of piperazine rings is 1. The quantitative estimate of drug-likeness (QED) is 0.769. The van der Waals surface area contributed by atoms with Crippen LogP contribution in [0.25, 0.3) is 0 Å². The van der Waals surface area contributed by atoms with Crippen molar-refractivity contribution < 1.29 is 4.79 Å². The zero-order chi connectivity index (χ0) is 18.5. The van der Waals surface area contributed by atoms with Gasteiger partial charge in [0.25, 0.3) is 0 Å². The van der Waals surface area contributed by atoms with Gasteiger partial charge in [-0.15, -0.1) is 36.2 Å². The Labute approximate surface area is 185 Å². The van der Waals surface area contributed by atoms with Gasteiger partial charge in [0.2, 0.25) is 5.91 Å². The highest BCUT2D eigenvalue weighted by Gasteiger charge is 2.50. The highest BCUT2D eigenvalue weighted by molar-refractivity contribution is 7.09. The molecule has 3 aliphatic rings. The third-order valence-corrected chi connectivity index (χ3v) is 7.85. The number of hydrogen-bond acceptors (Lipinski definition) is 5. The van der Waals surface area contributed by atoms with Crippen molar-refractivity contribution in [2.45, 2.75) is 58.0 Å². The van der Waals surface area contributed by atoms with Gasteiger partial charge in [-0.25, -0.2) is 4.98 Å². The van der Waals surface area contributed by atoms with Gasteiger partial charge in [-0.05, 0) is 31.1 Å². The first-order chi connectivity index (χ1) is 12.3. The van der Waals surface area contributed by atoms with E-state index in [4.69, 9.17) is 10.7 Å². The Kier molecular flexibility index (Phi) is 7.82.